The van der Waals surface area contributed by atoms with E-state index in [9.17, 15) is 0 Å². The Morgan fingerprint density at radius 2 is 2.27 bits per heavy atom. The van der Waals surface area contributed by atoms with Crippen LogP contribution >= 0.6 is 0 Å². The molecule has 0 fully saturated rings. The number of hydrogen-bond donors (Lipinski definition) is 1. The lowest BCUT2D eigenvalue weighted by Crippen LogP contribution is -2.22. The van der Waals surface area contributed by atoms with Crippen LogP contribution in [0.25, 0.3) is 0 Å². The molecule has 0 bridgehead atoms. The van der Waals surface area contributed by atoms with Crippen LogP contribution in [-0.4, -0.2) is 30.0 Å². The van der Waals surface area contributed by atoms with Gasteiger partial charge in [-0.05, 0) is 20.4 Å². The summed E-state index contributed by atoms with van der Waals surface area (Å²) in [5.74, 6) is 0. The zero-order valence-electron chi connectivity index (χ0n) is 10.1. The maximum atomic E-state index is 5.45. The topological polar surface area (TPSA) is 39.1 Å². The number of ether oxygens (including phenoxy) is 1. The molecule has 0 saturated heterocycles. The Kier molecular flexibility index (Phi) is 4.78. The van der Waals surface area contributed by atoms with Gasteiger partial charge in [0.15, 0.2) is 0 Å². The number of hydrogen-bond acceptors (Lipinski definition) is 3. The van der Waals surface area contributed by atoms with Gasteiger partial charge in [0, 0.05) is 25.4 Å². The molecule has 1 heterocycles. The fraction of sp³-hybridized carbons (Fsp3) is 0.727. The molecule has 1 rings (SSSR count). The van der Waals surface area contributed by atoms with Gasteiger partial charge in [-0.2, -0.15) is 5.10 Å². The second-order valence-corrected chi connectivity index (χ2v) is 3.56. The molecule has 0 aliphatic carbocycles. The molecule has 1 atom stereocenters. The van der Waals surface area contributed by atoms with E-state index in [4.69, 9.17) is 4.74 Å². The van der Waals surface area contributed by atoms with Crippen molar-refractivity contribution in [2.45, 2.75) is 26.3 Å². The predicted molar refractivity (Wildman–Crippen MR) is 60.9 cm³/mol. The van der Waals surface area contributed by atoms with Crippen molar-refractivity contribution in [3.63, 3.8) is 0 Å². The number of aryl methyl sites for hydroxylation is 2. The van der Waals surface area contributed by atoms with Crippen LogP contribution in [0.5, 0.6) is 0 Å². The summed E-state index contributed by atoms with van der Waals surface area (Å²) in [7, 11) is 3.91. The van der Waals surface area contributed by atoms with Crippen molar-refractivity contribution in [2.75, 3.05) is 20.3 Å². The summed E-state index contributed by atoms with van der Waals surface area (Å²) in [5, 5.41) is 7.69. The number of nitrogens with one attached hydrogen (secondary N) is 1. The SMILES string of the molecule is CCOCC(NC)c1cn(C)nc1CC. The third-order valence-electron chi connectivity index (χ3n) is 2.48. The number of nitrogens with zero attached hydrogens (tertiary/aromatic N) is 2. The molecule has 0 saturated carbocycles. The molecule has 1 aromatic heterocycles. The second-order valence-electron chi connectivity index (χ2n) is 3.56. The first-order valence-corrected chi connectivity index (χ1v) is 5.50. The number of likely N-dealkylation sites (N-methyl/N-ethyl adjacent to an activating group) is 1. The van der Waals surface area contributed by atoms with Gasteiger partial charge in [-0.1, -0.05) is 6.92 Å². The Labute approximate surface area is 91.6 Å². The molecule has 4 heteroatoms. The summed E-state index contributed by atoms with van der Waals surface area (Å²) in [6, 6.07) is 0.244. The molecular weight excluding hydrogens is 190 g/mol. The summed E-state index contributed by atoms with van der Waals surface area (Å²) in [5.41, 5.74) is 2.40. The first-order chi connectivity index (χ1) is 7.22. The van der Waals surface area contributed by atoms with Crippen molar-refractivity contribution >= 4 is 0 Å². The van der Waals surface area contributed by atoms with Crippen LogP contribution in [-0.2, 0) is 18.2 Å². The van der Waals surface area contributed by atoms with E-state index < -0.39 is 0 Å². The lowest BCUT2D eigenvalue weighted by molar-refractivity contribution is 0.125. The van der Waals surface area contributed by atoms with E-state index in [2.05, 4.69) is 23.5 Å². The van der Waals surface area contributed by atoms with Gasteiger partial charge in [-0.25, -0.2) is 0 Å². The fourth-order valence-corrected chi connectivity index (χ4v) is 1.68. The summed E-state index contributed by atoms with van der Waals surface area (Å²) in [6.45, 7) is 5.58. The minimum atomic E-state index is 0.244. The Morgan fingerprint density at radius 1 is 1.53 bits per heavy atom. The van der Waals surface area contributed by atoms with Gasteiger partial charge in [0.25, 0.3) is 0 Å². The molecule has 0 aliphatic heterocycles. The third kappa shape index (κ3) is 3.04. The van der Waals surface area contributed by atoms with Crippen LogP contribution in [0.3, 0.4) is 0 Å². The van der Waals surface area contributed by atoms with Crippen molar-refractivity contribution in [1.82, 2.24) is 15.1 Å². The monoisotopic (exact) mass is 211 g/mol. The molecule has 0 radical (unpaired) electrons. The van der Waals surface area contributed by atoms with Crippen LogP contribution in [0.1, 0.15) is 31.1 Å². The third-order valence-corrected chi connectivity index (χ3v) is 2.48. The summed E-state index contributed by atoms with van der Waals surface area (Å²) < 4.78 is 7.32. The van der Waals surface area contributed by atoms with E-state index in [1.165, 1.54) is 5.56 Å². The quantitative estimate of drug-likeness (QED) is 0.770. The molecule has 1 N–H and O–H groups in total. The molecule has 0 spiro atoms. The maximum Gasteiger partial charge on any atom is 0.0670 e. The van der Waals surface area contributed by atoms with E-state index in [0.29, 0.717) is 6.61 Å². The molecular formula is C11H21N3O. The van der Waals surface area contributed by atoms with Crippen LogP contribution in [0.4, 0.5) is 0 Å². The zero-order valence-corrected chi connectivity index (χ0v) is 10.1. The van der Waals surface area contributed by atoms with Gasteiger partial charge in [0.05, 0.1) is 18.3 Å². The normalized spacial score (nSPS) is 13.1. The maximum absolute atomic E-state index is 5.45. The molecule has 0 amide bonds. The minimum absolute atomic E-state index is 0.244. The molecule has 1 aromatic rings. The van der Waals surface area contributed by atoms with E-state index in [1.807, 2.05) is 25.7 Å². The van der Waals surface area contributed by atoms with E-state index >= 15 is 0 Å². The van der Waals surface area contributed by atoms with Crippen molar-refractivity contribution in [2.24, 2.45) is 7.05 Å². The van der Waals surface area contributed by atoms with E-state index in [1.54, 1.807) is 0 Å². The summed E-state index contributed by atoms with van der Waals surface area (Å²) in [4.78, 5) is 0. The molecule has 4 nitrogen and oxygen atoms in total. The lowest BCUT2D eigenvalue weighted by atomic mass is 10.1. The standard InChI is InChI=1S/C11H21N3O/c1-5-10-9(7-14(4)13-10)11(12-3)8-15-6-2/h7,11-12H,5-6,8H2,1-4H3. The first kappa shape index (κ1) is 12.2. The highest BCUT2D eigenvalue weighted by molar-refractivity contribution is 5.21. The molecule has 86 valence electrons. The largest absolute Gasteiger partial charge is 0.380 e. The van der Waals surface area contributed by atoms with Gasteiger partial charge < -0.3 is 10.1 Å². The van der Waals surface area contributed by atoms with Crippen LogP contribution in [0.2, 0.25) is 0 Å². The van der Waals surface area contributed by atoms with E-state index in [-0.39, 0.29) is 6.04 Å². The van der Waals surface area contributed by atoms with Gasteiger partial charge in [0.2, 0.25) is 0 Å². The molecule has 0 aliphatic rings. The van der Waals surface area contributed by atoms with Crippen LogP contribution in [0.15, 0.2) is 6.20 Å². The summed E-state index contributed by atoms with van der Waals surface area (Å²) in [6.07, 6.45) is 3.03. The second kappa shape index (κ2) is 5.88. The van der Waals surface area contributed by atoms with Gasteiger partial charge in [0.1, 0.15) is 0 Å². The van der Waals surface area contributed by atoms with E-state index in [0.717, 1.165) is 18.7 Å². The fourth-order valence-electron chi connectivity index (χ4n) is 1.68. The first-order valence-electron chi connectivity index (χ1n) is 5.50. The average Bonchev–Trinajstić information content (AvgIpc) is 2.61. The molecule has 15 heavy (non-hydrogen) atoms. The lowest BCUT2D eigenvalue weighted by Gasteiger charge is -2.15. The Balaban J connectivity index is 2.80. The van der Waals surface area contributed by atoms with Gasteiger partial charge >= 0.3 is 0 Å². The minimum Gasteiger partial charge on any atom is -0.380 e. The number of rotatable bonds is 6. The van der Waals surface area contributed by atoms with Crippen molar-refractivity contribution < 1.29 is 4.74 Å². The van der Waals surface area contributed by atoms with Crippen LogP contribution < -0.4 is 5.32 Å². The Bertz CT molecular complexity index is 296. The average molecular weight is 211 g/mol. The van der Waals surface area contributed by atoms with Gasteiger partial charge in [-0.15, -0.1) is 0 Å². The van der Waals surface area contributed by atoms with Crippen LogP contribution in [0, 0.1) is 0 Å². The number of aromatic nitrogens is 2. The highest BCUT2D eigenvalue weighted by Gasteiger charge is 2.15. The highest BCUT2D eigenvalue weighted by atomic mass is 16.5. The zero-order chi connectivity index (χ0) is 11.3. The molecule has 1 unspecified atom stereocenters. The van der Waals surface area contributed by atoms with Gasteiger partial charge in [-0.3, -0.25) is 4.68 Å². The smallest absolute Gasteiger partial charge is 0.0670 e. The summed E-state index contributed by atoms with van der Waals surface area (Å²) >= 11 is 0. The highest BCUT2D eigenvalue weighted by Crippen LogP contribution is 2.17. The predicted octanol–water partition coefficient (Wildman–Crippen LogP) is 1.28. The van der Waals surface area contributed by atoms with Crippen molar-refractivity contribution in [1.29, 1.82) is 0 Å². The van der Waals surface area contributed by atoms with Crippen molar-refractivity contribution in [3.05, 3.63) is 17.5 Å². The Hall–Kier alpha value is -0.870. The van der Waals surface area contributed by atoms with Crippen molar-refractivity contribution in [3.8, 4) is 0 Å². The molecule has 0 aromatic carbocycles. The Morgan fingerprint density at radius 3 is 2.80 bits per heavy atom.